The number of rotatable bonds is 8. The molecule has 12 heteroatoms. The zero-order valence-electron chi connectivity index (χ0n) is 16.1. The van der Waals surface area contributed by atoms with E-state index in [0.29, 0.717) is 11.3 Å². The zero-order chi connectivity index (χ0) is 23.4. The van der Waals surface area contributed by atoms with Crippen LogP contribution in [-0.4, -0.2) is 30.4 Å². The minimum Gasteiger partial charge on any atom is -0.369 e. The number of anilines is 1. The molecule has 2 rings (SSSR count). The van der Waals surface area contributed by atoms with Crippen LogP contribution < -0.4 is 16.8 Å². The zero-order valence-corrected chi connectivity index (χ0v) is 16.1. The maximum atomic E-state index is 13.0. The average molecular weight is 450 g/mol. The Balaban J connectivity index is 2.61. The first kappa shape index (κ1) is 24.2. The Morgan fingerprint density at radius 2 is 1.58 bits per heavy atom. The lowest BCUT2D eigenvalue weighted by Crippen LogP contribution is -2.50. The molecule has 0 radical (unpaired) electrons. The summed E-state index contributed by atoms with van der Waals surface area (Å²) in [7, 11) is 0. The molecule has 0 fully saturated rings. The summed E-state index contributed by atoms with van der Waals surface area (Å²) < 4.78 is 77.6. The van der Waals surface area contributed by atoms with Gasteiger partial charge in [-0.15, -0.1) is 0 Å². The number of alkyl halides is 6. The van der Waals surface area contributed by atoms with Crippen molar-refractivity contribution in [3.63, 3.8) is 0 Å². The predicted octanol–water partition coefficient (Wildman–Crippen LogP) is 3.63. The van der Waals surface area contributed by atoms with E-state index in [1.807, 2.05) is 0 Å². The Labute approximate surface area is 173 Å². The smallest absolute Gasteiger partial charge is 0.369 e. The van der Waals surface area contributed by atoms with Gasteiger partial charge in [-0.1, -0.05) is 18.2 Å². The number of nitrogens with zero attached hydrogens (tertiary/aromatic N) is 1. The Morgan fingerprint density at radius 1 is 0.968 bits per heavy atom. The van der Waals surface area contributed by atoms with E-state index >= 15 is 0 Å². The van der Waals surface area contributed by atoms with E-state index in [1.165, 1.54) is 6.21 Å². The summed E-state index contributed by atoms with van der Waals surface area (Å²) in [6, 6.07) is 6.52. The minimum absolute atomic E-state index is 0.411. The van der Waals surface area contributed by atoms with Crippen molar-refractivity contribution in [1.82, 2.24) is 0 Å². The Kier molecular flexibility index (Phi) is 7.02. The SMILES string of the molecule is NC(=O)C(CCC(F)(F)F)C(CCC(F)(F)F)(C(N)=O)C1=CNc2ccccc2C=N1. The van der Waals surface area contributed by atoms with E-state index < -0.39 is 66.9 Å². The van der Waals surface area contributed by atoms with E-state index in [4.69, 9.17) is 11.5 Å². The first-order valence-corrected chi connectivity index (χ1v) is 9.09. The van der Waals surface area contributed by atoms with Gasteiger partial charge in [-0.3, -0.25) is 14.6 Å². The van der Waals surface area contributed by atoms with Crippen LogP contribution in [0.1, 0.15) is 31.2 Å². The number of hydrogen-bond donors (Lipinski definition) is 3. The van der Waals surface area contributed by atoms with Crippen LogP contribution in [0.25, 0.3) is 0 Å². The molecule has 1 aromatic rings. The third kappa shape index (κ3) is 5.98. The van der Waals surface area contributed by atoms with Gasteiger partial charge in [0, 0.05) is 36.5 Å². The summed E-state index contributed by atoms with van der Waals surface area (Å²) in [5.41, 5.74) is 8.73. The summed E-state index contributed by atoms with van der Waals surface area (Å²) in [5, 5.41) is 2.75. The van der Waals surface area contributed by atoms with Crippen LogP contribution in [-0.2, 0) is 9.59 Å². The van der Waals surface area contributed by atoms with Crippen molar-refractivity contribution >= 4 is 23.7 Å². The van der Waals surface area contributed by atoms with Crippen LogP contribution in [0.5, 0.6) is 0 Å². The molecule has 170 valence electrons. The molecule has 2 atom stereocenters. The van der Waals surface area contributed by atoms with Crippen molar-refractivity contribution in [3.05, 3.63) is 41.7 Å². The maximum Gasteiger partial charge on any atom is 0.389 e. The van der Waals surface area contributed by atoms with Crippen LogP contribution in [0.2, 0.25) is 0 Å². The van der Waals surface area contributed by atoms with Gasteiger partial charge in [-0.05, 0) is 18.9 Å². The minimum atomic E-state index is -4.78. The number of carbonyl (C=O) groups is 2. The number of para-hydroxylation sites is 1. The van der Waals surface area contributed by atoms with Crippen molar-refractivity contribution in [1.29, 1.82) is 0 Å². The van der Waals surface area contributed by atoms with Crippen molar-refractivity contribution in [3.8, 4) is 0 Å². The largest absolute Gasteiger partial charge is 0.389 e. The molecule has 0 saturated heterocycles. The second kappa shape index (κ2) is 8.98. The van der Waals surface area contributed by atoms with Crippen LogP contribution >= 0.6 is 0 Å². The lowest BCUT2D eigenvalue weighted by molar-refractivity contribution is -0.157. The molecule has 2 unspecified atom stereocenters. The topological polar surface area (TPSA) is 111 Å². The normalized spacial score (nSPS) is 16.9. The number of amides is 2. The van der Waals surface area contributed by atoms with E-state index in [0.717, 1.165) is 6.20 Å². The number of hydrogen-bond acceptors (Lipinski definition) is 4. The standard InChI is InChI=1S/C19H20F6N4O2/c20-18(21,22)6-5-12(15(26)30)17(16(27)31,7-8-19(23,24)25)14-10-28-13-4-2-1-3-11(13)9-29-14/h1-4,9-10,12,28H,5-8H2,(H2,26,30)(H2,27,31). The molecule has 0 aromatic heterocycles. The second-order valence-electron chi connectivity index (χ2n) is 7.08. The number of halogens is 6. The van der Waals surface area contributed by atoms with Crippen LogP contribution in [0.3, 0.4) is 0 Å². The van der Waals surface area contributed by atoms with Gasteiger partial charge in [0.25, 0.3) is 0 Å². The van der Waals surface area contributed by atoms with E-state index in [2.05, 4.69) is 10.3 Å². The summed E-state index contributed by atoms with van der Waals surface area (Å²) in [5.74, 6) is -4.79. The number of aliphatic imine (C=N–C) groups is 1. The second-order valence-corrected chi connectivity index (χ2v) is 7.08. The molecular weight excluding hydrogens is 430 g/mol. The highest BCUT2D eigenvalue weighted by Crippen LogP contribution is 2.46. The Hall–Kier alpha value is -3.05. The van der Waals surface area contributed by atoms with Crippen LogP contribution in [0, 0.1) is 11.3 Å². The number of nitrogens with two attached hydrogens (primary N) is 2. The van der Waals surface area contributed by atoms with Crippen molar-refractivity contribution < 1.29 is 35.9 Å². The summed E-state index contributed by atoms with van der Waals surface area (Å²) in [6.45, 7) is 0. The molecule has 1 aliphatic rings. The van der Waals surface area contributed by atoms with Crippen LogP contribution in [0.15, 0.2) is 41.2 Å². The fourth-order valence-electron chi connectivity index (χ4n) is 3.49. The fourth-order valence-corrected chi connectivity index (χ4v) is 3.49. The summed E-state index contributed by atoms with van der Waals surface area (Å²) >= 11 is 0. The molecule has 0 bridgehead atoms. The lowest BCUT2D eigenvalue weighted by atomic mass is 9.67. The fraction of sp³-hybridized carbons (Fsp3) is 0.421. The van der Waals surface area contributed by atoms with Gasteiger partial charge in [0.2, 0.25) is 11.8 Å². The molecule has 1 aliphatic heterocycles. The first-order chi connectivity index (χ1) is 14.3. The summed E-state index contributed by atoms with van der Waals surface area (Å²) in [6.07, 6.45) is -12.5. The van der Waals surface area contributed by atoms with Crippen LogP contribution in [0.4, 0.5) is 32.0 Å². The third-order valence-corrected chi connectivity index (χ3v) is 5.02. The molecule has 0 aliphatic carbocycles. The number of benzene rings is 1. The highest BCUT2D eigenvalue weighted by Gasteiger charge is 2.53. The van der Waals surface area contributed by atoms with Gasteiger partial charge >= 0.3 is 12.4 Å². The van der Waals surface area contributed by atoms with E-state index in [1.54, 1.807) is 24.3 Å². The predicted molar refractivity (Wildman–Crippen MR) is 101 cm³/mol. The highest BCUT2D eigenvalue weighted by atomic mass is 19.4. The highest BCUT2D eigenvalue weighted by molar-refractivity contribution is 5.94. The molecule has 6 nitrogen and oxygen atoms in total. The molecular formula is C19H20F6N4O2. The molecule has 5 N–H and O–H groups in total. The molecule has 1 aromatic carbocycles. The van der Waals surface area contributed by atoms with Gasteiger partial charge < -0.3 is 16.8 Å². The Morgan fingerprint density at radius 3 is 2.13 bits per heavy atom. The van der Waals surface area contributed by atoms with E-state index in [-0.39, 0.29) is 0 Å². The molecule has 0 saturated carbocycles. The monoisotopic (exact) mass is 450 g/mol. The Bertz CT molecular complexity index is 894. The summed E-state index contributed by atoms with van der Waals surface area (Å²) in [4.78, 5) is 28.6. The van der Waals surface area contributed by atoms with Crippen molar-refractivity contribution in [2.45, 2.75) is 38.0 Å². The van der Waals surface area contributed by atoms with Gasteiger partial charge in [0.05, 0.1) is 11.6 Å². The quantitative estimate of drug-likeness (QED) is 0.526. The molecule has 2 amide bonds. The van der Waals surface area contributed by atoms with Crippen molar-refractivity contribution in [2.24, 2.45) is 27.8 Å². The van der Waals surface area contributed by atoms with Gasteiger partial charge in [0.15, 0.2) is 0 Å². The third-order valence-electron chi connectivity index (χ3n) is 5.02. The van der Waals surface area contributed by atoms with Gasteiger partial charge in [0.1, 0.15) is 5.41 Å². The number of nitrogens with one attached hydrogen (secondary N) is 1. The number of carbonyl (C=O) groups excluding carboxylic acids is 2. The van der Waals surface area contributed by atoms with Gasteiger partial charge in [-0.2, -0.15) is 26.3 Å². The molecule has 1 heterocycles. The lowest BCUT2D eigenvalue weighted by Gasteiger charge is -2.37. The number of primary amides is 2. The number of fused-ring (bicyclic) bond motifs is 1. The van der Waals surface area contributed by atoms with Gasteiger partial charge in [-0.25, -0.2) is 0 Å². The average Bonchev–Trinajstić information content (AvgIpc) is 2.85. The molecule has 0 spiro atoms. The molecule has 31 heavy (non-hydrogen) atoms. The van der Waals surface area contributed by atoms with Crippen molar-refractivity contribution in [2.75, 3.05) is 5.32 Å². The first-order valence-electron chi connectivity index (χ1n) is 9.09. The maximum absolute atomic E-state index is 13.0. The van der Waals surface area contributed by atoms with E-state index in [9.17, 15) is 35.9 Å².